The molecule has 0 spiro atoms. The maximum absolute atomic E-state index is 4.22. The molecule has 0 aliphatic carbocycles. The Balaban J connectivity index is 2.54. The SMILES string of the molecule is CCc1cc(NCC(C)C(C)(C)C)ncn1. The fraction of sp³-hybridized carbons (Fsp3) is 0.692. The molecule has 16 heavy (non-hydrogen) atoms. The van der Waals surface area contributed by atoms with Crippen LogP contribution in [0.1, 0.15) is 40.3 Å². The van der Waals surface area contributed by atoms with Gasteiger partial charge >= 0.3 is 0 Å². The minimum Gasteiger partial charge on any atom is -0.370 e. The lowest BCUT2D eigenvalue weighted by atomic mass is 9.82. The molecule has 3 nitrogen and oxygen atoms in total. The molecule has 1 aromatic rings. The van der Waals surface area contributed by atoms with Crippen LogP contribution in [0.25, 0.3) is 0 Å². The molecule has 1 unspecified atom stereocenters. The number of aromatic nitrogens is 2. The van der Waals surface area contributed by atoms with Gasteiger partial charge in [0, 0.05) is 18.3 Å². The zero-order chi connectivity index (χ0) is 12.2. The van der Waals surface area contributed by atoms with Gasteiger partial charge in [0.1, 0.15) is 12.1 Å². The monoisotopic (exact) mass is 221 g/mol. The molecule has 0 fully saturated rings. The number of nitrogens with one attached hydrogen (secondary N) is 1. The third-order valence-corrected chi connectivity index (χ3v) is 3.15. The van der Waals surface area contributed by atoms with Gasteiger partial charge in [0.05, 0.1) is 0 Å². The first-order chi connectivity index (χ1) is 7.43. The van der Waals surface area contributed by atoms with Gasteiger partial charge in [-0.25, -0.2) is 9.97 Å². The lowest BCUT2D eigenvalue weighted by Gasteiger charge is -2.27. The molecule has 0 saturated carbocycles. The summed E-state index contributed by atoms with van der Waals surface area (Å²) in [5.74, 6) is 1.54. The Hall–Kier alpha value is -1.12. The van der Waals surface area contributed by atoms with Crippen molar-refractivity contribution in [2.75, 3.05) is 11.9 Å². The zero-order valence-electron chi connectivity index (χ0n) is 11.0. The summed E-state index contributed by atoms with van der Waals surface area (Å²) < 4.78 is 0. The van der Waals surface area contributed by atoms with Crippen molar-refractivity contribution < 1.29 is 0 Å². The van der Waals surface area contributed by atoms with Crippen molar-refractivity contribution in [3.05, 3.63) is 18.1 Å². The first-order valence-electron chi connectivity index (χ1n) is 5.98. The van der Waals surface area contributed by atoms with E-state index >= 15 is 0 Å². The molecule has 1 heterocycles. The largest absolute Gasteiger partial charge is 0.370 e. The Morgan fingerprint density at radius 3 is 2.56 bits per heavy atom. The first kappa shape index (κ1) is 12.9. The Kier molecular flexibility index (Phi) is 4.27. The highest BCUT2D eigenvalue weighted by molar-refractivity contribution is 5.34. The van der Waals surface area contributed by atoms with Crippen molar-refractivity contribution in [3.8, 4) is 0 Å². The van der Waals surface area contributed by atoms with E-state index in [1.54, 1.807) is 6.33 Å². The van der Waals surface area contributed by atoms with Crippen LogP contribution in [0.3, 0.4) is 0 Å². The van der Waals surface area contributed by atoms with Crippen molar-refractivity contribution in [2.24, 2.45) is 11.3 Å². The molecular formula is C13H23N3. The average Bonchev–Trinajstić information content (AvgIpc) is 2.25. The van der Waals surface area contributed by atoms with Gasteiger partial charge in [-0.05, 0) is 17.8 Å². The average molecular weight is 221 g/mol. The minimum atomic E-state index is 0.327. The molecule has 0 saturated heterocycles. The number of hydrogen-bond acceptors (Lipinski definition) is 3. The van der Waals surface area contributed by atoms with Gasteiger partial charge in [-0.3, -0.25) is 0 Å². The lowest BCUT2D eigenvalue weighted by molar-refractivity contribution is 0.274. The standard InChI is InChI=1S/C13H23N3/c1-6-11-7-12(16-9-15-11)14-8-10(2)13(3,4)5/h7,9-10H,6,8H2,1-5H3,(H,14,15,16). The fourth-order valence-corrected chi connectivity index (χ4v) is 1.25. The van der Waals surface area contributed by atoms with E-state index in [1.807, 2.05) is 6.07 Å². The summed E-state index contributed by atoms with van der Waals surface area (Å²) >= 11 is 0. The third-order valence-electron chi connectivity index (χ3n) is 3.15. The second-order valence-electron chi connectivity index (χ2n) is 5.40. The molecule has 1 rings (SSSR count). The van der Waals surface area contributed by atoms with Crippen LogP contribution in [0.2, 0.25) is 0 Å². The minimum absolute atomic E-state index is 0.327. The number of hydrogen-bond donors (Lipinski definition) is 1. The van der Waals surface area contributed by atoms with E-state index < -0.39 is 0 Å². The van der Waals surface area contributed by atoms with Crippen LogP contribution in [0.5, 0.6) is 0 Å². The Labute approximate surface area is 98.7 Å². The second kappa shape index (κ2) is 5.28. The summed E-state index contributed by atoms with van der Waals surface area (Å²) in [6.07, 6.45) is 2.58. The smallest absolute Gasteiger partial charge is 0.129 e. The van der Waals surface area contributed by atoms with E-state index in [9.17, 15) is 0 Å². The number of rotatable bonds is 4. The van der Waals surface area contributed by atoms with E-state index in [-0.39, 0.29) is 0 Å². The Morgan fingerprint density at radius 2 is 2.00 bits per heavy atom. The summed E-state index contributed by atoms with van der Waals surface area (Å²) in [5, 5.41) is 3.37. The summed E-state index contributed by atoms with van der Waals surface area (Å²) in [6, 6.07) is 2.02. The molecule has 3 heteroatoms. The van der Waals surface area contributed by atoms with Gasteiger partial charge in [-0.1, -0.05) is 34.6 Å². The van der Waals surface area contributed by atoms with Crippen molar-refractivity contribution in [2.45, 2.75) is 41.0 Å². The number of nitrogens with zero attached hydrogens (tertiary/aromatic N) is 2. The first-order valence-corrected chi connectivity index (χ1v) is 5.98. The van der Waals surface area contributed by atoms with E-state index in [4.69, 9.17) is 0 Å². The molecule has 0 aliphatic heterocycles. The maximum Gasteiger partial charge on any atom is 0.129 e. The molecule has 0 bridgehead atoms. The molecule has 0 amide bonds. The Morgan fingerprint density at radius 1 is 1.31 bits per heavy atom. The van der Waals surface area contributed by atoms with Crippen LogP contribution in [-0.4, -0.2) is 16.5 Å². The molecule has 1 aromatic heterocycles. The molecule has 0 radical (unpaired) electrons. The van der Waals surface area contributed by atoms with Crippen LogP contribution in [0.4, 0.5) is 5.82 Å². The summed E-state index contributed by atoms with van der Waals surface area (Å²) in [6.45, 7) is 12.1. The third kappa shape index (κ3) is 3.80. The van der Waals surface area contributed by atoms with Crippen LogP contribution in [-0.2, 0) is 6.42 Å². The van der Waals surface area contributed by atoms with Gasteiger partial charge in [-0.15, -0.1) is 0 Å². The van der Waals surface area contributed by atoms with Crippen molar-refractivity contribution >= 4 is 5.82 Å². The van der Waals surface area contributed by atoms with Gasteiger partial charge in [-0.2, -0.15) is 0 Å². The highest BCUT2D eigenvalue weighted by Gasteiger charge is 2.19. The number of aryl methyl sites for hydroxylation is 1. The predicted octanol–water partition coefficient (Wildman–Crippen LogP) is 3.13. The van der Waals surface area contributed by atoms with Crippen LogP contribution >= 0.6 is 0 Å². The Bertz CT molecular complexity index is 328. The quantitative estimate of drug-likeness (QED) is 0.848. The molecule has 0 aliphatic rings. The molecule has 0 aromatic carbocycles. The highest BCUT2D eigenvalue weighted by Crippen LogP contribution is 2.25. The van der Waals surface area contributed by atoms with Gasteiger partial charge in [0.2, 0.25) is 0 Å². The zero-order valence-corrected chi connectivity index (χ0v) is 11.0. The topological polar surface area (TPSA) is 37.8 Å². The maximum atomic E-state index is 4.22. The highest BCUT2D eigenvalue weighted by atomic mass is 15.0. The van der Waals surface area contributed by atoms with Crippen molar-refractivity contribution in [3.63, 3.8) is 0 Å². The van der Waals surface area contributed by atoms with Crippen molar-refractivity contribution in [1.29, 1.82) is 0 Å². The normalized spacial score (nSPS) is 13.6. The fourth-order valence-electron chi connectivity index (χ4n) is 1.25. The predicted molar refractivity (Wildman–Crippen MR) is 68.5 cm³/mol. The summed E-state index contributed by atoms with van der Waals surface area (Å²) in [5.41, 5.74) is 1.41. The van der Waals surface area contributed by atoms with E-state index in [1.165, 1.54) is 0 Å². The van der Waals surface area contributed by atoms with E-state index in [0.29, 0.717) is 11.3 Å². The van der Waals surface area contributed by atoms with Gasteiger partial charge < -0.3 is 5.32 Å². The number of anilines is 1. The van der Waals surface area contributed by atoms with E-state index in [0.717, 1.165) is 24.5 Å². The molecular weight excluding hydrogens is 198 g/mol. The molecule has 1 atom stereocenters. The second-order valence-corrected chi connectivity index (χ2v) is 5.40. The van der Waals surface area contributed by atoms with Crippen LogP contribution < -0.4 is 5.32 Å². The van der Waals surface area contributed by atoms with Gasteiger partial charge in [0.15, 0.2) is 0 Å². The lowest BCUT2D eigenvalue weighted by Crippen LogP contribution is -2.25. The van der Waals surface area contributed by atoms with Gasteiger partial charge in [0.25, 0.3) is 0 Å². The summed E-state index contributed by atoms with van der Waals surface area (Å²) in [4.78, 5) is 8.40. The molecule has 1 N–H and O–H groups in total. The van der Waals surface area contributed by atoms with E-state index in [2.05, 4.69) is 49.9 Å². The van der Waals surface area contributed by atoms with Crippen LogP contribution in [0.15, 0.2) is 12.4 Å². The van der Waals surface area contributed by atoms with Crippen LogP contribution in [0, 0.1) is 11.3 Å². The van der Waals surface area contributed by atoms with Crippen molar-refractivity contribution in [1.82, 2.24) is 9.97 Å². The molecule has 90 valence electrons. The summed E-state index contributed by atoms with van der Waals surface area (Å²) in [7, 11) is 0.